The van der Waals surface area contributed by atoms with Gasteiger partial charge < -0.3 is 24.8 Å². The van der Waals surface area contributed by atoms with Crippen LogP contribution in [0.25, 0.3) is 0 Å². The first-order chi connectivity index (χ1) is 10.3. The van der Waals surface area contributed by atoms with Crippen LogP contribution < -0.4 is 14.8 Å². The molecule has 6 nitrogen and oxygen atoms in total. The van der Waals surface area contributed by atoms with Crippen LogP contribution in [0.4, 0.5) is 10.5 Å². The number of ether oxygens (including phenoxy) is 2. The number of likely N-dealkylation sites (tertiary alicyclic amines) is 1. The maximum absolute atomic E-state index is 12.4. The fourth-order valence-corrected chi connectivity index (χ4v) is 2.89. The lowest BCUT2D eigenvalue weighted by Gasteiger charge is -2.35. The largest absolute Gasteiger partial charge is 0.454 e. The third kappa shape index (κ3) is 3.05. The lowest BCUT2D eigenvalue weighted by atomic mass is 10.0. The molecule has 0 spiro atoms. The first kappa shape index (κ1) is 14.0. The van der Waals surface area contributed by atoms with Crippen molar-refractivity contribution in [2.24, 2.45) is 0 Å². The van der Waals surface area contributed by atoms with E-state index >= 15 is 0 Å². The predicted octanol–water partition coefficient (Wildman–Crippen LogP) is 2.18. The number of carbonyl (C=O) groups excluding carboxylic acids is 1. The van der Waals surface area contributed by atoms with Crippen LogP contribution in [0.15, 0.2) is 18.2 Å². The molecule has 3 rings (SSSR count). The molecule has 1 saturated heterocycles. The molecule has 0 radical (unpaired) electrons. The Balaban J connectivity index is 1.67. The summed E-state index contributed by atoms with van der Waals surface area (Å²) in [4.78, 5) is 14.2. The van der Waals surface area contributed by atoms with Crippen LogP contribution in [0.5, 0.6) is 11.5 Å². The molecule has 0 aromatic heterocycles. The van der Waals surface area contributed by atoms with Gasteiger partial charge in [-0.25, -0.2) is 4.79 Å². The molecule has 2 aliphatic heterocycles. The van der Waals surface area contributed by atoms with Crippen molar-refractivity contribution in [3.8, 4) is 11.5 Å². The second-order valence-electron chi connectivity index (χ2n) is 5.35. The molecule has 1 aromatic carbocycles. The van der Waals surface area contributed by atoms with Crippen LogP contribution in [0.3, 0.4) is 0 Å². The number of benzene rings is 1. The summed E-state index contributed by atoms with van der Waals surface area (Å²) in [6.07, 6.45) is 3.71. The second kappa shape index (κ2) is 6.22. The lowest BCUT2D eigenvalue weighted by Crippen LogP contribution is -2.46. The number of nitrogens with zero attached hydrogens (tertiary/aromatic N) is 1. The molecule has 2 amide bonds. The Hall–Kier alpha value is -1.95. The molecule has 0 bridgehead atoms. The van der Waals surface area contributed by atoms with E-state index in [2.05, 4.69) is 5.32 Å². The van der Waals surface area contributed by atoms with E-state index in [-0.39, 0.29) is 25.5 Å². The first-order valence-corrected chi connectivity index (χ1v) is 7.36. The van der Waals surface area contributed by atoms with Crippen LogP contribution in [0.2, 0.25) is 0 Å². The maximum atomic E-state index is 12.4. The van der Waals surface area contributed by atoms with Crippen LogP contribution in [-0.2, 0) is 0 Å². The number of rotatable bonds is 3. The molecule has 0 aliphatic carbocycles. The van der Waals surface area contributed by atoms with Gasteiger partial charge in [-0.1, -0.05) is 0 Å². The fourth-order valence-electron chi connectivity index (χ4n) is 2.89. The molecule has 2 aliphatic rings. The van der Waals surface area contributed by atoms with Gasteiger partial charge >= 0.3 is 6.03 Å². The molecular weight excluding hydrogens is 272 g/mol. The number of hydrogen-bond acceptors (Lipinski definition) is 4. The van der Waals surface area contributed by atoms with E-state index in [0.29, 0.717) is 23.6 Å². The van der Waals surface area contributed by atoms with E-state index in [1.54, 1.807) is 18.2 Å². The number of anilines is 1. The van der Waals surface area contributed by atoms with E-state index in [9.17, 15) is 4.79 Å². The highest BCUT2D eigenvalue weighted by molar-refractivity contribution is 5.90. The molecule has 1 atom stereocenters. The third-order valence-electron chi connectivity index (χ3n) is 3.97. The number of fused-ring (bicyclic) bond motifs is 1. The summed E-state index contributed by atoms with van der Waals surface area (Å²) in [5.74, 6) is 1.35. The quantitative estimate of drug-likeness (QED) is 0.896. The number of hydrogen-bond donors (Lipinski definition) is 2. The van der Waals surface area contributed by atoms with Crippen LogP contribution in [0, 0.1) is 0 Å². The van der Waals surface area contributed by atoms with Crippen molar-refractivity contribution in [3.05, 3.63) is 18.2 Å². The monoisotopic (exact) mass is 292 g/mol. The van der Waals surface area contributed by atoms with Crippen LogP contribution in [-0.4, -0.2) is 42.0 Å². The van der Waals surface area contributed by atoms with Crippen molar-refractivity contribution in [1.82, 2.24) is 4.90 Å². The average Bonchev–Trinajstić information content (AvgIpc) is 2.95. The molecule has 114 valence electrons. The molecular formula is C15H20N2O4. The van der Waals surface area contributed by atoms with Crippen molar-refractivity contribution in [1.29, 1.82) is 0 Å². The number of aliphatic hydroxyl groups is 1. The molecule has 1 aromatic rings. The van der Waals surface area contributed by atoms with Crippen molar-refractivity contribution in [3.63, 3.8) is 0 Å². The molecule has 21 heavy (non-hydrogen) atoms. The van der Waals surface area contributed by atoms with Gasteiger partial charge in [-0.2, -0.15) is 0 Å². The Morgan fingerprint density at radius 1 is 1.33 bits per heavy atom. The fraction of sp³-hybridized carbons (Fsp3) is 0.533. The molecule has 2 N–H and O–H groups in total. The molecule has 1 fully saturated rings. The SMILES string of the molecule is O=C(Nc1ccc2c(c1)OCO2)N1CCCCC1CCO. The van der Waals surface area contributed by atoms with Crippen LogP contribution in [0.1, 0.15) is 25.7 Å². The number of aliphatic hydroxyl groups excluding tert-OH is 1. The van der Waals surface area contributed by atoms with Crippen molar-refractivity contribution in [2.75, 3.05) is 25.3 Å². The summed E-state index contributed by atoms with van der Waals surface area (Å²) >= 11 is 0. The zero-order valence-electron chi connectivity index (χ0n) is 11.9. The lowest BCUT2D eigenvalue weighted by molar-refractivity contribution is 0.141. The van der Waals surface area contributed by atoms with Crippen LogP contribution >= 0.6 is 0 Å². The Bertz CT molecular complexity index is 518. The van der Waals surface area contributed by atoms with Gasteiger partial charge in [0.2, 0.25) is 6.79 Å². The minimum Gasteiger partial charge on any atom is -0.454 e. The normalized spacial score (nSPS) is 20.4. The van der Waals surface area contributed by atoms with Gasteiger partial charge in [-0.3, -0.25) is 0 Å². The van der Waals surface area contributed by atoms with Gasteiger partial charge in [-0.05, 0) is 37.8 Å². The van der Waals surface area contributed by atoms with Gasteiger partial charge in [-0.15, -0.1) is 0 Å². The zero-order chi connectivity index (χ0) is 14.7. The number of piperidine rings is 1. The summed E-state index contributed by atoms with van der Waals surface area (Å²) in [5.41, 5.74) is 0.692. The van der Waals surface area contributed by atoms with Crippen molar-refractivity contribution < 1.29 is 19.4 Å². The maximum Gasteiger partial charge on any atom is 0.322 e. The van der Waals surface area contributed by atoms with E-state index < -0.39 is 0 Å². The summed E-state index contributed by atoms with van der Waals surface area (Å²) in [7, 11) is 0. The van der Waals surface area contributed by atoms with Crippen molar-refractivity contribution in [2.45, 2.75) is 31.7 Å². The Morgan fingerprint density at radius 2 is 2.19 bits per heavy atom. The van der Waals surface area contributed by atoms with Gasteiger partial charge in [0.05, 0.1) is 0 Å². The minimum atomic E-state index is -0.119. The Labute approximate surface area is 123 Å². The van der Waals surface area contributed by atoms with Gasteiger partial charge in [0.25, 0.3) is 0 Å². The topological polar surface area (TPSA) is 71.0 Å². The van der Waals surface area contributed by atoms with E-state index in [0.717, 1.165) is 25.8 Å². The highest BCUT2D eigenvalue weighted by atomic mass is 16.7. The predicted molar refractivity (Wildman–Crippen MR) is 77.6 cm³/mol. The minimum absolute atomic E-state index is 0.110. The first-order valence-electron chi connectivity index (χ1n) is 7.36. The summed E-state index contributed by atoms with van der Waals surface area (Å²) in [6, 6.07) is 5.37. The summed E-state index contributed by atoms with van der Waals surface area (Å²) < 4.78 is 10.6. The van der Waals surface area contributed by atoms with E-state index in [1.165, 1.54) is 0 Å². The number of nitrogens with one attached hydrogen (secondary N) is 1. The van der Waals surface area contributed by atoms with E-state index in [4.69, 9.17) is 14.6 Å². The van der Waals surface area contributed by atoms with Gasteiger partial charge in [0, 0.05) is 30.9 Å². The van der Waals surface area contributed by atoms with Gasteiger partial charge in [0.15, 0.2) is 11.5 Å². The molecule has 0 saturated carbocycles. The number of carbonyl (C=O) groups is 1. The smallest absolute Gasteiger partial charge is 0.322 e. The Kier molecular flexibility index (Phi) is 4.15. The highest BCUT2D eigenvalue weighted by Crippen LogP contribution is 2.34. The molecule has 2 heterocycles. The van der Waals surface area contributed by atoms with Gasteiger partial charge in [0.1, 0.15) is 0 Å². The zero-order valence-corrected chi connectivity index (χ0v) is 11.9. The Morgan fingerprint density at radius 3 is 3.05 bits per heavy atom. The summed E-state index contributed by atoms with van der Waals surface area (Å²) in [5, 5.41) is 12.0. The molecule has 6 heteroatoms. The highest BCUT2D eigenvalue weighted by Gasteiger charge is 2.26. The molecule has 1 unspecified atom stereocenters. The van der Waals surface area contributed by atoms with E-state index in [1.807, 2.05) is 4.90 Å². The summed E-state index contributed by atoms with van der Waals surface area (Å²) in [6.45, 7) is 1.07. The second-order valence-corrected chi connectivity index (χ2v) is 5.35. The van der Waals surface area contributed by atoms with Crippen molar-refractivity contribution >= 4 is 11.7 Å². The number of urea groups is 1. The standard InChI is InChI=1S/C15H20N2O4/c18-8-6-12-3-1-2-7-17(12)15(19)16-11-4-5-13-14(9-11)21-10-20-13/h4-5,9,12,18H,1-3,6-8,10H2,(H,16,19). The number of amides is 2. The third-order valence-corrected chi connectivity index (χ3v) is 3.97. The average molecular weight is 292 g/mol.